The maximum Gasteiger partial charge on any atom is 0.276 e. The van der Waals surface area contributed by atoms with E-state index in [1.807, 2.05) is 0 Å². The summed E-state index contributed by atoms with van der Waals surface area (Å²) in [4.78, 5) is 36.0. The molecule has 2 aliphatic heterocycles. The van der Waals surface area contributed by atoms with Gasteiger partial charge in [0.1, 0.15) is 6.26 Å². The van der Waals surface area contributed by atoms with Gasteiger partial charge in [0.2, 0.25) is 5.95 Å². The minimum atomic E-state index is -0.135. The minimum absolute atomic E-state index is 0.0693. The Morgan fingerprint density at radius 2 is 2.12 bits per heavy atom. The van der Waals surface area contributed by atoms with E-state index in [9.17, 15) is 9.59 Å². The molecule has 1 amide bonds. The van der Waals surface area contributed by atoms with Crippen LogP contribution in [0, 0.1) is 6.92 Å². The predicted molar refractivity (Wildman–Crippen MR) is 90.8 cm³/mol. The third-order valence-corrected chi connectivity index (χ3v) is 5.00. The summed E-state index contributed by atoms with van der Waals surface area (Å²) in [5.41, 5.74) is 1.72. The number of carbonyl (C=O) groups is 1. The van der Waals surface area contributed by atoms with Gasteiger partial charge in [-0.2, -0.15) is 0 Å². The molecule has 2 aromatic heterocycles. The number of nitrogens with one attached hydrogen (secondary N) is 1. The zero-order chi connectivity index (χ0) is 17.4. The number of aryl methyl sites for hydroxylation is 1. The number of aromatic amines is 1. The third kappa shape index (κ3) is 3.04. The highest BCUT2D eigenvalue weighted by atomic mass is 16.5. The maximum absolute atomic E-state index is 12.6. The number of rotatable bonds is 3. The Bertz CT molecular complexity index is 837. The second kappa shape index (κ2) is 6.34. The molecule has 1 N–H and O–H groups in total. The zero-order valence-electron chi connectivity index (χ0n) is 14.2. The molecule has 1 unspecified atom stereocenters. The number of hydrogen-bond acceptors (Lipinski definition) is 6. The van der Waals surface area contributed by atoms with Gasteiger partial charge in [-0.05, 0) is 26.2 Å². The minimum Gasteiger partial charge on any atom is -0.364 e. The Morgan fingerprint density at radius 3 is 2.84 bits per heavy atom. The zero-order valence-corrected chi connectivity index (χ0v) is 14.2. The predicted octanol–water partition coefficient (Wildman–Crippen LogP) is 1.30. The van der Waals surface area contributed by atoms with Crippen molar-refractivity contribution in [3.05, 3.63) is 39.6 Å². The molecule has 0 bridgehead atoms. The normalized spacial score (nSPS) is 20.4. The molecule has 0 radical (unpaired) electrons. The van der Waals surface area contributed by atoms with E-state index < -0.39 is 0 Å². The molecule has 0 saturated carbocycles. The largest absolute Gasteiger partial charge is 0.364 e. The van der Waals surface area contributed by atoms with Crippen LogP contribution in [0.25, 0.3) is 0 Å². The van der Waals surface area contributed by atoms with E-state index >= 15 is 0 Å². The molecule has 2 fully saturated rings. The van der Waals surface area contributed by atoms with Crippen LogP contribution in [-0.2, 0) is 0 Å². The number of hydrogen-bond donors (Lipinski definition) is 1. The summed E-state index contributed by atoms with van der Waals surface area (Å²) in [6.45, 7) is 4.82. The molecule has 2 aromatic rings. The quantitative estimate of drug-likeness (QED) is 0.902. The second-order valence-corrected chi connectivity index (χ2v) is 6.77. The van der Waals surface area contributed by atoms with Gasteiger partial charge in [-0.3, -0.25) is 14.6 Å². The number of anilines is 1. The van der Waals surface area contributed by atoms with E-state index in [0.29, 0.717) is 24.7 Å². The molecule has 2 saturated heterocycles. The molecule has 1 atom stereocenters. The lowest BCUT2D eigenvalue weighted by Crippen LogP contribution is -2.29. The first kappa shape index (κ1) is 15.9. The Morgan fingerprint density at radius 1 is 1.32 bits per heavy atom. The third-order valence-electron chi connectivity index (χ3n) is 5.00. The monoisotopic (exact) mass is 343 g/mol. The molecule has 132 valence electrons. The van der Waals surface area contributed by atoms with Crippen molar-refractivity contribution in [3.8, 4) is 0 Å². The number of likely N-dealkylation sites (tertiary alicyclic amines) is 1. The highest BCUT2D eigenvalue weighted by Crippen LogP contribution is 2.27. The molecule has 25 heavy (non-hydrogen) atoms. The Kier molecular flexibility index (Phi) is 4.03. The highest BCUT2D eigenvalue weighted by molar-refractivity contribution is 5.93. The van der Waals surface area contributed by atoms with E-state index in [2.05, 4.69) is 20.0 Å². The molecule has 4 heterocycles. The smallest absolute Gasteiger partial charge is 0.276 e. The van der Waals surface area contributed by atoms with Crippen LogP contribution in [0.1, 0.15) is 46.9 Å². The van der Waals surface area contributed by atoms with Gasteiger partial charge in [-0.15, -0.1) is 0 Å². The Labute approximate surface area is 144 Å². The van der Waals surface area contributed by atoms with Crippen molar-refractivity contribution in [1.82, 2.24) is 20.0 Å². The molecular weight excluding hydrogens is 322 g/mol. The van der Waals surface area contributed by atoms with Crippen molar-refractivity contribution in [2.45, 2.75) is 32.1 Å². The molecule has 0 spiro atoms. The lowest BCUT2D eigenvalue weighted by molar-refractivity contribution is 0.0779. The van der Waals surface area contributed by atoms with Crippen molar-refractivity contribution in [2.24, 2.45) is 0 Å². The van der Waals surface area contributed by atoms with E-state index in [1.54, 1.807) is 17.9 Å². The van der Waals surface area contributed by atoms with Gasteiger partial charge in [0, 0.05) is 43.7 Å². The van der Waals surface area contributed by atoms with Crippen molar-refractivity contribution in [3.63, 3.8) is 0 Å². The molecular formula is C17H21N5O3. The number of amides is 1. The second-order valence-electron chi connectivity index (χ2n) is 6.77. The van der Waals surface area contributed by atoms with E-state index in [1.165, 1.54) is 6.26 Å². The summed E-state index contributed by atoms with van der Waals surface area (Å²) in [6, 6.07) is 1.56. The Hall–Kier alpha value is -2.64. The molecule has 2 aliphatic rings. The van der Waals surface area contributed by atoms with Crippen molar-refractivity contribution in [2.75, 3.05) is 31.1 Å². The number of nitrogens with zero attached hydrogens (tertiary/aromatic N) is 4. The first-order valence-electron chi connectivity index (χ1n) is 8.68. The average molecular weight is 343 g/mol. The maximum atomic E-state index is 12.6. The van der Waals surface area contributed by atoms with Gasteiger partial charge in [-0.1, -0.05) is 5.16 Å². The summed E-state index contributed by atoms with van der Waals surface area (Å²) in [5.74, 6) is 0.593. The molecule has 0 aliphatic carbocycles. The van der Waals surface area contributed by atoms with Gasteiger partial charge in [0.15, 0.2) is 5.69 Å². The van der Waals surface area contributed by atoms with E-state index in [0.717, 1.165) is 43.6 Å². The number of H-pyrrole nitrogens is 1. The summed E-state index contributed by atoms with van der Waals surface area (Å²) in [5, 5.41) is 3.80. The fourth-order valence-corrected chi connectivity index (χ4v) is 3.58. The molecule has 0 aromatic carbocycles. The summed E-state index contributed by atoms with van der Waals surface area (Å²) >= 11 is 0. The molecule has 8 heteroatoms. The van der Waals surface area contributed by atoms with Crippen LogP contribution in [0.15, 0.2) is 21.6 Å². The van der Waals surface area contributed by atoms with E-state index in [4.69, 9.17) is 4.52 Å². The van der Waals surface area contributed by atoms with Crippen LogP contribution in [0.4, 0.5) is 5.95 Å². The first-order chi connectivity index (χ1) is 12.1. The summed E-state index contributed by atoms with van der Waals surface area (Å²) in [6.07, 6.45) is 4.51. The number of carbonyl (C=O) groups excluding carboxylic acids is 1. The average Bonchev–Trinajstić information content (AvgIpc) is 3.35. The Balaban J connectivity index is 1.52. The van der Waals surface area contributed by atoms with Crippen molar-refractivity contribution < 1.29 is 9.32 Å². The standard InChI is InChI=1S/C17H21N5O3/c1-11-10-25-20-15(11)16(24)22-7-4-12(9-22)13-8-14(23)19-17(18-13)21-5-2-3-6-21/h8,10,12H,2-7,9H2,1H3,(H,18,19,23). The fraction of sp³-hybridized carbons (Fsp3) is 0.529. The van der Waals surface area contributed by atoms with Gasteiger partial charge >= 0.3 is 0 Å². The van der Waals surface area contributed by atoms with Crippen LogP contribution >= 0.6 is 0 Å². The van der Waals surface area contributed by atoms with Crippen molar-refractivity contribution in [1.29, 1.82) is 0 Å². The van der Waals surface area contributed by atoms with Crippen molar-refractivity contribution >= 4 is 11.9 Å². The SMILES string of the molecule is Cc1conc1C(=O)N1CCC(c2cc(=O)[nH]c(N3CCCC3)n2)C1. The fourth-order valence-electron chi connectivity index (χ4n) is 3.58. The van der Waals surface area contributed by atoms with Gasteiger partial charge in [0.05, 0.1) is 5.69 Å². The molecule has 8 nitrogen and oxygen atoms in total. The number of aromatic nitrogens is 3. The topological polar surface area (TPSA) is 95.3 Å². The lowest BCUT2D eigenvalue weighted by Gasteiger charge is -2.18. The van der Waals surface area contributed by atoms with E-state index in [-0.39, 0.29) is 17.4 Å². The summed E-state index contributed by atoms with van der Waals surface area (Å²) in [7, 11) is 0. The van der Waals surface area contributed by atoms with Gasteiger partial charge < -0.3 is 14.3 Å². The first-order valence-corrected chi connectivity index (χ1v) is 8.68. The van der Waals surface area contributed by atoms with Crippen LogP contribution < -0.4 is 10.5 Å². The van der Waals surface area contributed by atoms with Crippen LogP contribution in [-0.4, -0.2) is 52.1 Å². The summed E-state index contributed by atoms with van der Waals surface area (Å²) < 4.78 is 4.87. The van der Waals surface area contributed by atoms with Crippen LogP contribution in [0.2, 0.25) is 0 Å². The van der Waals surface area contributed by atoms with Crippen LogP contribution in [0.3, 0.4) is 0 Å². The molecule has 4 rings (SSSR count). The highest BCUT2D eigenvalue weighted by Gasteiger charge is 2.31. The van der Waals surface area contributed by atoms with Gasteiger partial charge in [0.25, 0.3) is 11.5 Å². The van der Waals surface area contributed by atoms with Crippen LogP contribution in [0.5, 0.6) is 0 Å². The van der Waals surface area contributed by atoms with Gasteiger partial charge in [-0.25, -0.2) is 4.98 Å². The lowest BCUT2D eigenvalue weighted by atomic mass is 10.1.